The first kappa shape index (κ1) is 21.4. The van der Waals surface area contributed by atoms with Crippen LogP contribution in [0.3, 0.4) is 0 Å². The molecule has 3 rings (SSSR count). The Morgan fingerprint density at radius 3 is 2.41 bits per heavy atom. The largest absolute Gasteiger partial charge is 0.322 e. The van der Waals surface area contributed by atoms with Crippen LogP contribution >= 0.6 is 23.1 Å². The predicted molar refractivity (Wildman–Crippen MR) is 120 cm³/mol. The fourth-order valence-corrected chi connectivity index (χ4v) is 5.12. The SMILES string of the molecule is Cc1csc(Sc2ccc(NC(=O)c3ccc(C)c(NS(C)(=O)=O)c3)c(C)c2)n1. The molecule has 9 heteroatoms. The molecule has 0 bridgehead atoms. The summed E-state index contributed by atoms with van der Waals surface area (Å²) in [6, 6.07) is 10.7. The highest BCUT2D eigenvalue weighted by Crippen LogP contribution is 2.32. The van der Waals surface area contributed by atoms with Crippen LogP contribution in [0, 0.1) is 20.8 Å². The summed E-state index contributed by atoms with van der Waals surface area (Å²) in [6.45, 7) is 5.67. The average molecular weight is 448 g/mol. The number of thiazole rings is 1. The molecule has 1 aromatic heterocycles. The topological polar surface area (TPSA) is 88.2 Å². The maximum Gasteiger partial charge on any atom is 0.255 e. The van der Waals surface area contributed by atoms with Gasteiger partial charge in [0.25, 0.3) is 5.91 Å². The van der Waals surface area contributed by atoms with Crippen LogP contribution in [0.1, 0.15) is 27.2 Å². The first-order chi connectivity index (χ1) is 13.6. The van der Waals surface area contributed by atoms with Crippen LogP contribution in [-0.2, 0) is 10.0 Å². The second-order valence-corrected chi connectivity index (χ2v) is 10.6. The number of sulfonamides is 1. The molecule has 0 saturated carbocycles. The number of amides is 1. The van der Waals surface area contributed by atoms with Crippen LogP contribution in [0.5, 0.6) is 0 Å². The summed E-state index contributed by atoms with van der Waals surface area (Å²) in [5, 5.41) is 4.90. The smallest absolute Gasteiger partial charge is 0.255 e. The van der Waals surface area contributed by atoms with Crippen molar-refractivity contribution < 1.29 is 13.2 Å². The van der Waals surface area contributed by atoms with E-state index in [-0.39, 0.29) is 5.91 Å². The van der Waals surface area contributed by atoms with Crippen LogP contribution in [0.4, 0.5) is 11.4 Å². The van der Waals surface area contributed by atoms with E-state index in [1.54, 1.807) is 42.2 Å². The standard InChI is InChI=1S/C20H21N3O3S3/c1-12-5-6-15(10-18(12)23-29(4,25)26)19(24)22-17-8-7-16(9-13(17)2)28-20-21-14(3)11-27-20/h5-11,23H,1-4H3,(H,22,24). The van der Waals surface area contributed by atoms with Crippen molar-refractivity contribution in [1.29, 1.82) is 0 Å². The summed E-state index contributed by atoms with van der Waals surface area (Å²) in [7, 11) is -3.43. The van der Waals surface area contributed by atoms with Crippen molar-refractivity contribution in [3.05, 3.63) is 64.2 Å². The Hall–Kier alpha value is -2.36. The van der Waals surface area contributed by atoms with Gasteiger partial charge in [-0.25, -0.2) is 13.4 Å². The highest BCUT2D eigenvalue weighted by atomic mass is 32.2. The average Bonchev–Trinajstić information content (AvgIpc) is 3.03. The van der Waals surface area contributed by atoms with Gasteiger partial charge in [0.15, 0.2) is 4.34 Å². The third kappa shape index (κ3) is 5.81. The van der Waals surface area contributed by atoms with Gasteiger partial charge in [-0.1, -0.05) is 17.8 Å². The Morgan fingerprint density at radius 1 is 1.03 bits per heavy atom. The molecule has 0 atom stereocenters. The molecule has 0 unspecified atom stereocenters. The summed E-state index contributed by atoms with van der Waals surface area (Å²) in [4.78, 5) is 18.2. The maximum atomic E-state index is 12.7. The molecule has 6 nitrogen and oxygen atoms in total. The van der Waals surface area contributed by atoms with Gasteiger partial charge in [-0.2, -0.15) is 0 Å². The van der Waals surface area contributed by atoms with Gasteiger partial charge in [0, 0.05) is 27.2 Å². The number of hydrogen-bond donors (Lipinski definition) is 2. The summed E-state index contributed by atoms with van der Waals surface area (Å²) >= 11 is 3.19. The Kier molecular flexibility index (Phi) is 6.30. The lowest BCUT2D eigenvalue weighted by Gasteiger charge is -2.12. The molecule has 0 aliphatic heterocycles. The molecule has 3 aromatic rings. The third-order valence-electron chi connectivity index (χ3n) is 4.04. The van der Waals surface area contributed by atoms with E-state index in [1.165, 1.54) is 6.07 Å². The quantitative estimate of drug-likeness (QED) is 0.564. The van der Waals surface area contributed by atoms with Crippen molar-refractivity contribution in [1.82, 2.24) is 4.98 Å². The second kappa shape index (κ2) is 8.56. The van der Waals surface area contributed by atoms with Crippen LogP contribution in [-0.4, -0.2) is 25.6 Å². The number of benzene rings is 2. The summed E-state index contributed by atoms with van der Waals surface area (Å²) < 4.78 is 26.4. The molecule has 0 aliphatic carbocycles. The minimum Gasteiger partial charge on any atom is -0.322 e. The molecular weight excluding hydrogens is 426 g/mol. The van der Waals surface area contributed by atoms with Crippen LogP contribution in [0.2, 0.25) is 0 Å². The van der Waals surface area contributed by atoms with Gasteiger partial charge >= 0.3 is 0 Å². The van der Waals surface area contributed by atoms with E-state index in [1.807, 2.05) is 37.4 Å². The van der Waals surface area contributed by atoms with Crippen LogP contribution in [0.25, 0.3) is 0 Å². The molecule has 2 N–H and O–H groups in total. The van der Waals surface area contributed by atoms with E-state index in [2.05, 4.69) is 15.0 Å². The minimum atomic E-state index is -3.43. The van der Waals surface area contributed by atoms with Gasteiger partial charge in [0.1, 0.15) is 0 Å². The molecule has 0 spiro atoms. The predicted octanol–water partition coefficient (Wildman–Crippen LogP) is 4.84. The Bertz CT molecular complexity index is 1170. The van der Waals surface area contributed by atoms with Crippen molar-refractivity contribution in [2.75, 3.05) is 16.3 Å². The minimum absolute atomic E-state index is 0.305. The fourth-order valence-electron chi connectivity index (χ4n) is 2.59. The summed E-state index contributed by atoms with van der Waals surface area (Å²) in [5.74, 6) is -0.305. The lowest BCUT2D eigenvalue weighted by Crippen LogP contribution is -2.15. The molecule has 0 radical (unpaired) electrons. The number of nitrogens with zero attached hydrogens (tertiary/aromatic N) is 1. The van der Waals surface area contributed by atoms with E-state index in [0.29, 0.717) is 16.9 Å². The van der Waals surface area contributed by atoms with E-state index >= 15 is 0 Å². The van der Waals surface area contributed by atoms with Gasteiger partial charge < -0.3 is 5.32 Å². The first-order valence-electron chi connectivity index (χ1n) is 8.71. The number of anilines is 2. The molecular formula is C20H21N3O3S3. The van der Waals surface area contributed by atoms with Gasteiger partial charge in [0.05, 0.1) is 11.9 Å². The van der Waals surface area contributed by atoms with E-state index in [9.17, 15) is 13.2 Å². The van der Waals surface area contributed by atoms with Gasteiger partial charge in [-0.15, -0.1) is 11.3 Å². The van der Waals surface area contributed by atoms with Gasteiger partial charge in [0.2, 0.25) is 10.0 Å². The zero-order valence-electron chi connectivity index (χ0n) is 16.4. The zero-order valence-corrected chi connectivity index (χ0v) is 18.9. The highest BCUT2D eigenvalue weighted by molar-refractivity contribution is 8.01. The lowest BCUT2D eigenvalue weighted by molar-refractivity contribution is 0.102. The van der Waals surface area contributed by atoms with Crippen molar-refractivity contribution in [2.45, 2.75) is 30.0 Å². The number of carbonyl (C=O) groups excluding carboxylic acids is 1. The van der Waals surface area contributed by atoms with E-state index in [4.69, 9.17) is 0 Å². The maximum absolute atomic E-state index is 12.7. The number of rotatable bonds is 6. The molecule has 0 fully saturated rings. The van der Waals surface area contributed by atoms with Crippen molar-refractivity contribution in [3.63, 3.8) is 0 Å². The Morgan fingerprint density at radius 2 is 1.79 bits per heavy atom. The van der Waals surface area contributed by atoms with Crippen molar-refractivity contribution >= 4 is 50.4 Å². The first-order valence-corrected chi connectivity index (χ1v) is 12.3. The van der Waals surface area contributed by atoms with Crippen molar-refractivity contribution in [3.8, 4) is 0 Å². The van der Waals surface area contributed by atoms with E-state index < -0.39 is 10.0 Å². The summed E-state index contributed by atoms with van der Waals surface area (Å²) in [6.07, 6.45) is 1.08. The molecule has 152 valence electrons. The number of carbonyl (C=O) groups is 1. The number of aromatic nitrogens is 1. The molecule has 29 heavy (non-hydrogen) atoms. The van der Waals surface area contributed by atoms with Crippen LogP contribution in [0.15, 0.2) is 51.0 Å². The molecule has 2 aromatic carbocycles. The Balaban J connectivity index is 1.76. The number of hydrogen-bond acceptors (Lipinski definition) is 6. The molecule has 1 amide bonds. The second-order valence-electron chi connectivity index (χ2n) is 6.69. The highest BCUT2D eigenvalue weighted by Gasteiger charge is 2.12. The molecule has 0 saturated heterocycles. The molecule has 1 heterocycles. The van der Waals surface area contributed by atoms with Gasteiger partial charge in [-0.05, 0) is 62.2 Å². The van der Waals surface area contributed by atoms with Gasteiger partial charge in [-0.3, -0.25) is 9.52 Å². The third-order valence-corrected chi connectivity index (χ3v) is 6.68. The lowest BCUT2D eigenvalue weighted by atomic mass is 10.1. The number of aryl methyl sites for hydroxylation is 3. The van der Waals surface area contributed by atoms with Crippen molar-refractivity contribution in [2.24, 2.45) is 0 Å². The Labute approximate surface area is 178 Å². The number of nitrogens with one attached hydrogen (secondary N) is 2. The van der Waals surface area contributed by atoms with E-state index in [0.717, 1.165) is 32.3 Å². The fraction of sp³-hybridized carbons (Fsp3) is 0.200. The van der Waals surface area contributed by atoms with Crippen LogP contribution < -0.4 is 10.0 Å². The normalized spacial score (nSPS) is 11.3. The monoisotopic (exact) mass is 447 g/mol. The molecule has 0 aliphatic rings. The summed E-state index contributed by atoms with van der Waals surface area (Å²) in [5.41, 5.74) is 4.13. The zero-order chi connectivity index (χ0) is 21.2.